The minimum atomic E-state index is -3.50. The SMILES string of the molecule is Cc1ccc(S(=O)(=O)N2CCC(C(=O)NCC(C)(C)c3ccccc3)CC2)cc1. The van der Waals surface area contributed by atoms with Crippen molar-refractivity contribution in [2.45, 2.75) is 43.9 Å². The molecule has 1 saturated heterocycles. The maximum absolute atomic E-state index is 12.8. The Bertz CT molecular complexity index is 930. The highest BCUT2D eigenvalue weighted by Gasteiger charge is 2.32. The highest BCUT2D eigenvalue weighted by Crippen LogP contribution is 2.25. The fourth-order valence-corrected chi connectivity index (χ4v) is 5.13. The number of rotatable bonds is 6. The van der Waals surface area contributed by atoms with Crippen LogP contribution in [0, 0.1) is 12.8 Å². The van der Waals surface area contributed by atoms with E-state index in [1.54, 1.807) is 12.1 Å². The van der Waals surface area contributed by atoms with Crippen LogP contribution >= 0.6 is 0 Å². The highest BCUT2D eigenvalue weighted by molar-refractivity contribution is 7.89. The quantitative estimate of drug-likeness (QED) is 0.787. The molecular weight excluding hydrogens is 384 g/mol. The number of aryl methyl sites for hydroxylation is 1. The molecule has 5 nitrogen and oxygen atoms in total. The van der Waals surface area contributed by atoms with Crippen LogP contribution in [0.25, 0.3) is 0 Å². The fraction of sp³-hybridized carbons (Fsp3) is 0.435. The van der Waals surface area contributed by atoms with E-state index in [9.17, 15) is 13.2 Å². The number of amides is 1. The monoisotopic (exact) mass is 414 g/mol. The summed E-state index contributed by atoms with van der Waals surface area (Å²) >= 11 is 0. The van der Waals surface area contributed by atoms with Crippen LogP contribution < -0.4 is 5.32 Å². The van der Waals surface area contributed by atoms with Crippen molar-refractivity contribution in [3.8, 4) is 0 Å². The van der Waals surface area contributed by atoms with Crippen LogP contribution in [0.3, 0.4) is 0 Å². The average molecular weight is 415 g/mol. The van der Waals surface area contributed by atoms with Gasteiger partial charge in [-0.15, -0.1) is 0 Å². The summed E-state index contributed by atoms with van der Waals surface area (Å²) in [5.41, 5.74) is 2.05. The molecule has 3 rings (SSSR count). The molecule has 0 bridgehead atoms. The number of hydrogen-bond acceptors (Lipinski definition) is 3. The molecule has 156 valence electrons. The van der Waals surface area contributed by atoms with Crippen molar-refractivity contribution in [1.82, 2.24) is 9.62 Å². The predicted octanol–water partition coefficient (Wildman–Crippen LogP) is 3.49. The predicted molar refractivity (Wildman–Crippen MR) is 115 cm³/mol. The molecule has 0 unspecified atom stereocenters. The fourth-order valence-electron chi connectivity index (χ4n) is 3.66. The molecule has 1 heterocycles. The molecule has 1 aliphatic rings. The zero-order valence-corrected chi connectivity index (χ0v) is 18.2. The zero-order valence-electron chi connectivity index (χ0n) is 17.4. The van der Waals surface area contributed by atoms with Gasteiger partial charge >= 0.3 is 0 Å². The third-order valence-electron chi connectivity index (χ3n) is 5.74. The van der Waals surface area contributed by atoms with E-state index in [0.717, 1.165) is 5.56 Å². The summed E-state index contributed by atoms with van der Waals surface area (Å²) in [6.07, 6.45) is 1.09. The summed E-state index contributed by atoms with van der Waals surface area (Å²) in [5.74, 6) is -0.132. The first kappa shape index (κ1) is 21.5. The second kappa shape index (κ2) is 8.67. The smallest absolute Gasteiger partial charge is 0.243 e. The summed E-state index contributed by atoms with van der Waals surface area (Å²) < 4.78 is 27.1. The van der Waals surface area contributed by atoms with Gasteiger partial charge in [0.25, 0.3) is 0 Å². The van der Waals surface area contributed by atoms with Gasteiger partial charge in [0.1, 0.15) is 0 Å². The van der Waals surface area contributed by atoms with E-state index in [1.165, 1.54) is 9.87 Å². The Kier molecular flexibility index (Phi) is 6.44. The normalized spacial score (nSPS) is 16.5. The van der Waals surface area contributed by atoms with Crippen LogP contribution in [0.5, 0.6) is 0 Å². The number of carbonyl (C=O) groups is 1. The standard InChI is InChI=1S/C23H30N2O3S/c1-18-9-11-21(12-10-18)29(27,28)25-15-13-19(14-16-25)22(26)24-17-23(2,3)20-7-5-4-6-8-20/h4-12,19H,13-17H2,1-3H3,(H,24,26). The van der Waals surface area contributed by atoms with E-state index in [4.69, 9.17) is 0 Å². The molecule has 0 atom stereocenters. The largest absolute Gasteiger partial charge is 0.355 e. The van der Waals surface area contributed by atoms with Gasteiger partial charge in [0, 0.05) is 31.0 Å². The van der Waals surface area contributed by atoms with Crippen LogP contribution in [-0.2, 0) is 20.2 Å². The number of sulfonamides is 1. The maximum Gasteiger partial charge on any atom is 0.243 e. The summed E-state index contributed by atoms with van der Waals surface area (Å²) in [5, 5.41) is 3.08. The van der Waals surface area contributed by atoms with E-state index in [0.29, 0.717) is 37.4 Å². The van der Waals surface area contributed by atoms with Crippen molar-refractivity contribution < 1.29 is 13.2 Å². The van der Waals surface area contributed by atoms with Crippen molar-refractivity contribution >= 4 is 15.9 Å². The number of hydrogen-bond donors (Lipinski definition) is 1. The lowest BCUT2D eigenvalue weighted by atomic mass is 9.84. The molecule has 1 amide bonds. The second-order valence-corrected chi connectivity index (χ2v) is 10.4. The van der Waals surface area contributed by atoms with Gasteiger partial charge in [-0.2, -0.15) is 4.31 Å². The third-order valence-corrected chi connectivity index (χ3v) is 7.66. The van der Waals surface area contributed by atoms with Crippen molar-refractivity contribution in [1.29, 1.82) is 0 Å². The Labute approximate surface area is 174 Å². The lowest BCUT2D eigenvalue weighted by Crippen LogP contribution is -2.45. The third kappa shape index (κ3) is 5.06. The van der Waals surface area contributed by atoms with Gasteiger partial charge in [0.15, 0.2) is 0 Å². The van der Waals surface area contributed by atoms with Gasteiger partial charge in [-0.1, -0.05) is 61.9 Å². The first-order chi connectivity index (χ1) is 13.7. The molecule has 2 aromatic rings. The molecule has 1 N–H and O–H groups in total. The molecule has 0 aliphatic carbocycles. The first-order valence-corrected chi connectivity index (χ1v) is 11.5. The molecule has 0 spiro atoms. The van der Waals surface area contributed by atoms with Gasteiger partial charge in [-0.25, -0.2) is 8.42 Å². The summed E-state index contributed by atoms with van der Waals surface area (Å²) in [6.45, 7) is 7.45. The second-order valence-electron chi connectivity index (χ2n) is 8.46. The van der Waals surface area contributed by atoms with E-state index in [-0.39, 0.29) is 17.2 Å². The highest BCUT2D eigenvalue weighted by atomic mass is 32.2. The number of carbonyl (C=O) groups excluding carboxylic acids is 1. The average Bonchev–Trinajstić information content (AvgIpc) is 2.73. The summed E-state index contributed by atoms with van der Waals surface area (Å²) in [7, 11) is -3.50. The number of piperidine rings is 1. The van der Waals surface area contributed by atoms with Gasteiger partial charge in [-0.3, -0.25) is 4.79 Å². The van der Waals surface area contributed by atoms with Crippen molar-refractivity contribution in [2.24, 2.45) is 5.92 Å². The lowest BCUT2D eigenvalue weighted by molar-refractivity contribution is -0.126. The molecular formula is C23H30N2O3S. The maximum atomic E-state index is 12.8. The number of nitrogens with one attached hydrogen (secondary N) is 1. The van der Waals surface area contributed by atoms with Crippen molar-refractivity contribution in [3.05, 3.63) is 65.7 Å². The molecule has 0 radical (unpaired) electrons. The Morgan fingerprint density at radius 1 is 1.03 bits per heavy atom. The van der Waals surface area contributed by atoms with Crippen LogP contribution in [0.4, 0.5) is 0 Å². The number of nitrogens with zero attached hydrogens (tertiary/aromatic N) is 1. The Hall–Kier alpha value is -2.18. The van der Waals surface area contributed by atoms with Crippen LogP contribution in [0.1, 0.15) is 37.8 Å². The number of benzene rings is 2. The van der Waals surface area contributed by atoms with Gasteiger partial charge < -0.3 is 5.32 Å². The Morgan fingerprint density at radius 3 is 2.21 bits per heavy atom. The van der Waals surface area contributed by atoms with Gasteiger partial charge in [0.05, 0.1) is 4.90 Å². The van der Waals surface area contributed by atoms with E-state index < -0.39 is 10.0 Å². The van der Waals surface area contributed by atoms with E-state index in [1.807, 2.05) is 37.3 Å². The van der Waals surface area contributed by atoms with Crippen LogP contribution in [0.2, 0.25) is 0 Å². The minimum Gasteiger partial charge on any atom is -0.355 e. The molecule has 2 aromatic carbocycles. The zero-order chi connectivity index (χ0) is 21.1. The molecule has 1 aliphatic heterocycles. The first-order valence-electron chi connectivity index (χ1n) is 10.1. The molecule has 0 aromatic heterocycles. The summed E-state index contributed by atoms with van der Waals surface area (Å²) in [4.78, 5) is 13.0. The van der Waals surface area contributed by atoms with E-state index >= 15 is 0 Å². The van der Waals surface area contributed by atoms with Gasteiger partial charge in [0.2, 0.25) is 15.9 Å². The van der Waals surface area contributed by atoms with Crippen LogP contribution in [-0.4, -0.2) is 38.3 Å². The minimum absolute atomic E-state index is 0.0152. The van der Waals surface area contributed by atoms with Crippen molar-refractivity contribution in [2.75, 3.05) is 19.6 Å². The Balaban J connectivity index is 1.55. The van der Waals surface area contributed by atoms with E-state index in [2.05, 4.69) is 31.3 Å². The Morgan fingerprint density at radius 2 is 1.62 bits per heavy atom. The van der Waals surface area contributed by atoms with Crippen LogP contribution in [0.15, 0.2) is 59.5 Å². The molecule has 29 heavy (non-hydrogen) atoms. The molecule has 1 fully saturated rings. The van der Waals surface area contributed by atoms with Gasteiger partial charge in [-0.05, 0) is 37.5 Å². The molecule has 6 heteroatoms. The summed E-state index contributed by atoms with van der Waals surface area (Å²) in [6, 6.07) is 17.0. The molecule has 0 saturated carbocycles. The topological polar surface area (TPSA) is 66.5 Å². The van der Waals surface area contributed by atoms with Crippen molar-refractivity contribution in [3.63, 3.8) is 0 Å². The lowest BCUT2D eigenvalue weighted by Gasteiger charge is -2.32.